The SMILES string of the molecule is O=C(CC1COCCN1)NCCC(=O)N1CCCC1. The Labute approximate surface area is 113 Å². The Morgan fingerprint density at radius 3 is 2.79 bits per heavy atom. The van der Waals surface area contributed by atoms with E-state index in [1.165, 1.54) is 0 Å². The smallest absolute Gasteiger partial charge is 0.224 e. The first-order valence-corrected chi connectivity index (χ1v) is 7.11. The highest BCUT2D eigenvalue weighted by Gasteiger charge is 2.19. The van der Waals surface area contributed by atoms with Crippen LogP contribution in [0.1, 0.15) is 25.7 Å². The van der Waals surface area contributed by atoms with Crippen LogP contribution in [-0.2, 0) is 14.3 Å². The fourth-order valence-electron chi connectivity index (χ4n) is 2.48. The predicted molar refractivity (Wildman–Crippen MR) is 70.7 cm³/mol. The lowest BCUT2D eigenvalue weighted by atomic mass is 10.2. The van der Waals surface area contributed by atoms with E-state index >= 15 is 0 Å². The van der Waals surface area contributed by atoms with Crippen molar-refractivity contribution < 1.29 is 14.3 Å². The molecule has 1 atom stereocenters. The van der Waals surface area contributed by atoms with Gasteiger partial charge < -0.3 is 20.3 Å². The number of nitrogens with one attached hydrogen (secondary N) is 2. The molecule has 0 aliphatic carbocycles. The molecular formula is C13H23N3O3. The number of likely N-dealkylation sites (tertiary alicyclic amines) is 1. The molecule has 0 radical (unpaired) electrons. The highest BCUT2D eigenvalue weighted by atomic mass is 16.5. The van der Waals surface area contributed by atoms with Gasteiger partial charge in [-0.3, -0.25) is 9.59 Å². The number of amides is 2. The molecule has 2 saturated heterocycles. The summed E-state index contributed by atoms with van der Waals surface area (Å²) >= 11 is 0. The highest BCUT2D eigenvalue weighted by Crippen LogP contribution is 2.08. The molecule has 0 aromatic rings. The Balaban J connectivity index is 1.56. The van der Waals surface area contributed by atoms with Crippen molar-refractivity contribution in [1.82, 2.24) is 15.5 Å². The molecule has 2 fully saturated rings. The Morgan fingerprint density at radius 1 is 1.32 bits per heavy atom. The van der Waals surface area contributed by atoms with Crippen molar-refractivity contribution in [2.75, 3.05) is 39.4 Å². The summed E-state index contributed by atoms with van der Waals surface area (Å²) < 4.78 is 5.29. The van der Waals surface area contributed by atoms with Crippen LogP contribution < -0.4 is 10.6 Å². The molecule has 2 N–H and O–H groups in total. The molecule has 0 aromatic carbocycles. The van der Waals surface area contributed by atoms with E-state index in [1.807, 2.05) is 4.90 Å². The highest BCUT2D eigenvalue weighted by molar-refractivity contribution is 5.79. The van der Waals surface area contributed by atoms with E-state index < -0.39 is 0 Å². The molecule has 0 spiro atoms. The average Bonchev–Trinajstić information content (AvgIpc) is 2.93. The van der Waals surface area contributed by atoms with Gasteiger partial charge in [0, 0.05) is 45.1 Å². The van der Waals surface area contributed by atoms with Gasteiger partial charge in [0.25, 0.3) is 0 Å². The van der Waals surface area contributed by atoms with Gasteiger partial charge in [0.05, 0.1) is 13.2 Å². The minimum absolute atomic E-state index is 0.0165. The Morgan fingerprint density at radius 2 is 2.11 bits per heavy atom. The summed E-state index contributed by atoms with van der Waals surface area (Å²) in [5, 5.41) is 6.04. The van der Waals surface area contributed by atoms with Crippen LogP contribution in [0.25, 0.3) is 0 Å². The molecule has 2 heterocycles. The van der Waals surface area contributed by atoms with Crippen molar-refractivity contribution >= 4 is 11.8 Å². The van der Waals surface area contributed by atoms with E-state index in [4.69, 9.17) is 4.74 Å². The number of nitrogens with zero attached hydrogens (tertiary/aromatic N) is 1. The number of hydrogen-bond acceptors (Lipinski definition) is 4. The normalized spacial score (nSPS) is 23.4. The summed E-state index contributed by atoms with van der Waals surface area (Å²) in [6, 6.07) is 0.100. The van der Waals surface area contributed by atoms with Gasteiger partial charge >= 0.3 is 0 Å². The lowest BCUT2D eigenvalue weighted by Crippen LogP contribution is -2.44. The van der Waals surface area contributed by atoms with Crippen molar-refractivity contribution in [3.8, 4) is 0 Å². The molecule has 2 aliphatic heterocycles. The molecule has 0 aromatic heterocycles. The third-order valence-electron chi connectivity index (χ3n) is 3.55. The van der Waals surface area contributed by atoms with Gasteiger partial charge in [0.15, 0.2) is 0 Å². The maximum atomic E-state index is 11.8. The Kier molecular flexibility index (Phi) is 5.60. The molecule has 1 unspecified atom stereocenters. The molecule has 0 bridgehead atoms. The number of carbonyl (C=O) groups is 2. The van der Waals surface area contributed by atoms with E-state index in [2.05, 4.69) is 10.6 Å². The third-order valence-corrected chi connectivity index (χ3v) is 3.55. The zero-order chi connectivity index (χ0) is 13.5. The fourth-order valence-corrected chi connectivity index (χ4v) is 2.48. The molecule has 2 amide bonds. The molecule has 19 heavy (non-hydrogen) atoms. The molecule has 0 saturated carbocycles. The van der Waals surface area contributed by atoms with Crippen LogP contribution in [-0.4, -0.2) is 62.1 Å². The van der Waals surface area contributed by atoms with Crippen LogP contribution in [0.15, 0.2) is 0 Å². The van der Waals surface area contributed by atoms with E-state index in [1.54, 1.807) is 0 Å². The first-order valence-electron chi connectivity index (χ1n) is 7.11. The predicted octanol–water partition coefficient (Wildman–Crippen LogP) is -0.506. The van der Waals surface area contributed by atoms with Crippen LogP contribution in [0.4, 0.5) is 0 Å². The van der Waals surface area contributed by atoms with Gasteiger partial charge in [-0.05, 0) is 12.8 Å². The van der Waals surface area contributed by atoms with E-state index in [0.29, 0.717) is 32.6 Å². The van der Waals surface area contributed by atoms with Crippen LogP contribution in [0.5, 0.6) is 0 Å². The van der Waals surface area contributed by atoms with Crippen molar-refractivity contribution in [3.05, 3.63) is 0 Å². The number of carbonyl (C=O) groups excluding carboxylic acids is 2. The summed E-state index contributed by atoms with van der Waals surface area (Å²) in [7, 11) is 0. The van der Waals surface area contributed by atoms with Gasteiger partial charge in [-0.25, -0.2) is 0 Å². The summed E-state index contributed by atoms with van der Waals surface area (Å²) in [6.45, 7) is 4.27. The number of hydrogen-bond donors (Lipinski definition) is 2. The number of ether oxygens (including phenoxy) is 1. The van der Waals surface area contributed by atoms with Gasteiger partial charge in [0.2, 0.25) is 11.8 Å². The van der Waals surface area contributed by atoms with Crippen LogP contribution in [0, 0.1) is 0 Å². The maximum absolute atomic E-state index is 11.8. The van der Waals surface area contributed by atoms with Crippen molar-refractivity contribution in [2.24, 2.45) is 0 Å². The number of rotatable bonds is 5. The molecule has 2 aliphatic rings. The van der Waals surface area contributed by atoms with E-state index in [-0.39, 0.29) is 17.9 Å². The fraction of sp³-hybridized carbons (Fsp3) is 0.846. The second-order valence-electron chi connectivity index (χ2n) is 5.12. The minimum Gasteiger partial charge on any atom is -0.378 e. The summed E-state index contributed by atoms with van der Waals surface area (Å²) in [6.07, 6.45) is 3.02. The van der Waals surface area contributed by atoms with Gasteiger partial charge in [-0.15, -0.1) is 0 Å². The molecule has 6 heteroatoms. The van der Waals surface area contributed by atoms with Crippen molar-refractivity contribution in [1.29, 1.82) is 0 Å². The van der Waals surface area contributed by atoms with Gasteiger partial charge in [-0.1, -0.05) is 0 Å². The monoisotopic (exact) mass is 269 g/mol. The summed E-state index contributed by atoms with van der Waals surface area (Å²) in [4.78, 5) is 25.3. The molecule has 2 rings (SSSR count). The second kappa shape index (κ2) is 7.45. The van der Waals surface area contributed by atoms with Crippen LogP contribution in [0.3, 0.4) is 0 Å². The number of morpholine rings is 1. The standard InChI is InChI=1S/C13H23N3O3/c17-12(9-11-10-19-8-5-14-11)15-4-3-13(18)16-6-1-2-7-16/h11,14H,1-10H2,(H,15,17). The van der Waals surface area contributed by atoms with E-state index in [0.717, 1.165) is 32.5 Å². The Bertz CT molecular complexity index is 310. The van der Waals surface area contributed by atoms with Crippen LogP contribution >= 0.6 is 0 Å². The van der Waals surface area contributed by atoms with Gasteiger partial charge in [-0.2, -0.15) is 0 Å². The molecule has 108 valence electrons. The lowest BCUT2D eigenvalue weighted by molar-refractivity contribution is -0.130. The molecule has 6 nitrogen and oxygen atoms in total. The average molecular weight is 269 g/mol. The Hall–Kier alpha value is -1.14. The zero-order valence-electron chi connectivity index (χ0n) is 11.3. The van der Waals surface area contributed by atoms with Crippen LogP contribution in [0.2, 0.25) is 0 Å². The minimum atomic E-state index is -0.0165. The van der Waals surface area contributed by atoms with Crippen molar-refractivity contribution in [3.63, 3.8) is 0 Å². The van der Waals surface area contributed by atoms with Gasteiger partial charge in [0.1, 0.15) is 0 Å². The second-order valence-corrected chi connectivity index (χ2v) is 5.12. The maximum Gasteiger partial charge on any atom is 0.224 e. The summed E-state index contributed by atoms with van der Waals surface area (Å²) in [5.41, 5.74) is 0. The third kappa shape index (κ3) is 4.80. The zero-order valence-corrected chi connectivity index (χ0v) is 11.3. The van der Waals surface area contributed by atoms with E-state index in [9.17, 15) is 9.59 Å². The first-order chi connectivity index (χ1) is 9.25. The quantitative estimate of drug-likeness (QED) is 0.705. The molecular weight excluding hydrogens is 246 g/mol. The van der Waals surface area contributed by atoms with Crippen molar-refractivity contribution in [2.45, 2.75) is 31.7 Å². The topological polar surface area (TPSA) is 70.7 Å². The largest absolute Gasteiger partial charge is 0.378 e. The first kappa shape index (κ1) is 14.3. The summed E-state index contributed by atoms with van der Waals surface area (Å²) in [5.74, 6) is 0.133. The lowest BCUT2D eigenvalue weighted by Gasteiger charge is -2.23.